The number of esters is 2. The van der Waals surface area contributed by atoms with Crippen molar-refractivity contribution >= 4 is 17.7 Å². The van der Waals surface area contributed by atoms with Gasteiger partial charge in [0.05, 0.1) is 7.11 Å². The largest absolute Gasteiger partial charge is 0.507 e. The van der Waals surface area contributed by atoms with Gasteiger partial charge in [-0.1, -0.05) is 36.4 Å². The summed E-state index contributed by atoms with van der Waals surface area (Å²) in [6, 6.07) is 12.4. The number of ether oxygens (including phenoxy) is 3. The molecule has 0 atom stereocenters. The van der Waals surface area contributed by atoms with Gasteiger partial charge in [-0.2, -0.15) is 0 Å². The zero-order valence-electron chi connectivity index (χ0n) is 13.4. The van der Waals surface area contributed by atoms with Gasteiger partial charge >= 0.3 is 11.9 Å². The quantitative estimate of drug-likeness (QED) is 0.605. The maximum Gasteiger partial charge on any atom is 0.346 e. The zero-order valence-corrected chi connectivity index (χ0v) is 13.4. The molecule has 0 aliphatic heterocycles. The summed E-state index contributed by atoms with van der Waals surface area (Å²) in [5.41, 5.74) is 0.127. The van der Waals surface area contributed by atoms with Crippen LogP contribution in [0.3, 0.4) is 0 Å². The van der Waals surface area contributed by atoms with Crippen LogP contribution in [0.1, 0.15) is 20.7 Å². The Labute approximate surface area is 143 Å². The molecule has 0 aliphatic rings. The number of benzene rings is 2. The second-order valence-corrected chi connectivity index (χ2v) is 4.88. The van der Waals surface area contributed by atoms with Crippen LogP contribution in [0.5, 0.6) is 11.5 Å². The average molecular weight is 344 g/mol. The van der Waals surface area contributed by atoms with Gasteiger partial charge < -0.3 is 19.3 Å². The molecule has 0 aliphatic carbocycles. The third kappa shape index (κ3) is 4.81. The molecule has 2 aromatic carbocycles. The van der Waals surface area contributed by atoms with Crippen LogP contribution < -0.4 is 4.74 Å². The van der Waals surface area contributed by atoms with Crippen molar-refractivity contribution in [1.29, 1.82) is 0 Å². The van der Waals surface area contributed by atoms with Crippen molar-refractivity contribution in [3.63, 3.8) is 0 Å². The number of phenols is 1. The number of phenolic OH excluding ortho intramolecular Hbond substituents is 1. The van der Waals surface area contributed by atoms with Crippen LogP contribution >= 0.6 is 0 Å². The first-order valence-corrected chi connectivity index (χ1v) is 7.30. The third-order valence-electron chi connectivity index (χ3n) is 3.21. The SMILES string of the molecule is COC(=O)COc1cccc(O)c1C(=O)OCC(=O)c1ccccc1. The minimum atomic E-state index is -0.942. The van der Waals surface area contributed by atoms with Crippen LogP contribution in [0, 0.1) is 0 Å². The normalized spacial score (nSPS) is 9.96. The lowest BCUT2D eigenvalue weighted by Gasteiger charge is -2.11. The molecular formula is C18H16O7. The summed E-state index contributed by atoms with van der Waals surface area (Å²) in [6.07, 6.45) is 0. The Morgan fingerprint density at radius 2 is 1.68 bits per heavy atom. The molecule has 0 radical (unpaired) electrons. The molecule has 2 aromatic rings. The van der Waals surface area contributed by atoms with Gasteiger partial charge in [-0.15, -0.1) is 0 Å². The van der Waals surface area contributed by atoms with Crippen molar-refractivity contribution in [1.82, 2.24) is 0 Å². The molecule has 0 amide bonds. The minimum Gasteiger partial charge on any atom is -0.507 e. The summed E-state index contributed by atoms with van der Waals surface area (Å²) in [4.78, 5) is 35.3. The second-order valence-electron chi connectivity index (χ2n) is 4.88. The fourth-order valence-corrected chi connectivity index (χ4v) is 1.95. The highest BCUT2D eigenvalue weighted by molar-refractivity contribution is 6.00. The molecule has 0 saturated carbocycles. The molecule has 7 heteroatoms. The van der Waals surface area contributed by atoms with E-state index in [2.05, 4.69) is 4.74 Å². The maximum absolute atomic E-state index is 12.2. The Hall–Kier alpha value is -3.35. The highest BCUT2D eigenvalue weighted by atomic mass is 16.6. The summed E-state index contributed by atoms with van der Waals surface area (Å²) in [5, 5.41) is 9.88. The zero-order chi connectivity index (χ0) is 18.2. The standard InChI is InChI=1S/C18H16O7/c1-23-16(21)11-24-15-9-5-8-13(19)17(15)18(22)25-10-14(20)12-6-3-2-4-7-12/h2-9,19H,10-11H2,1H3. The lowest BCUT2D eigenvalue weighted by Crippen LogP contribution is -2.17. The Morgan fingerprint density at radius 1 is 0.960 bits per heavy atom. The van der Waals surface area contributed by atoms with Crippen molar-refractivity contribution in [2.75, 3.05) is 20.3 Å². The summed E-state index contributed by atoms with van der Waals surface area (Å²) in [5.74, 6) is -2.42. The van der Waals surface area contributed by atoms with E-state index in [0.29, 0.717) is 5.56 Å². The Balaban J connectivity index is 2.08. The summed E-state index contributed by atoms with van der Waals surface area (Å²) in [6.45, 7) is -0.934. The monoisotopic (exact) mass is 344 g/mol. The first-order valence-electron chi connectivity index (χ1n) is 7.30. The van der Waals surface area contributed by atoms with Gasteiger partial charge in [-0.25, -0.2) is 9.59 Å². The van der Waals surface area contributed by atoms with Crippen molar-refractivity contribution in [3.05, 3.63) is 59.7 Å². The van der Waals surface area contributed by atoms with Gasteiger partial charge in [0.2, 0.25) is 0 Å². The van der Waals surface area contributed by atoms with Crippen LogP contribution in [0.25, 0.3) is 0 Å². The number of ketones is 1. The van der Waals surface area contributed by atoms with E-state index < -0.39 is 25.2 Å². The number of methoxy groups -OCH3 is 1. The number of carbonyl (C=O) groups excluding carboxylic acids is 3. The predicted molar refractivity (Wildman–Crippen MR) is 86.7 cm³/mol. The molecule has 0 fully saturated rings. The maximum atomic E-state index is 12.2. The Bertz CT molecular complexity index is 768. The third-order valence-corrected chi connectivity index (χ3v) is 3.21. The van der Waals surface area contributed by atoms with Crippen molar-refractivity contribution < 1.29 is 33.7 Å². The van der Waals surface area contributed by atoms with Gasteiger partial charge in [0.25, 0.3) is 0 Å². The van der Waals surface area contributed by atoms with Crippen LogP contribution in [0.2, 0.25) is 0 Å². The van der Waals surface area contributed by atoms with Gasteiger partial charge in [0.1, 0.15) is 17.1 Å². The molecule has 0 bridgehead atoms. The first-order chi connectivity index (χ1) is 12.0. The number of Topliss-reactive ketones (excluding diaryl/α,β-unsaturated/α-hetero) is 1. The topological polar surface area (TPSA) is 99.1 Å². The summed E-state index contributed by atoms with van der Waals surface area (Å²) < 4.78 is 14.6. The van der Waals surface area contributed by atoms with E-state index in [1.165, 1.54) is 25.3 Å². The van der Waals surface area contributed by atoms with E-state index >= 15 is 0 Å². The van der Waals surface area contributed by atoms with E-state index in [1.54, 1.807) is 30.3 Å². The van der Waals surface area contributed by atoms with Gasteiger partial charge in [0.15, 0.2) is 19.0 Å². The molecule has 0 unspecified atom stereocenters. The molecular weight excluding hydrogens is 328 g/mol. The molecule has 1 N–H and O–H groups in total. The molecule has 0 heterocycles. The van der Waals surface area contributed by atoms with Crippen LogP contribution in [0.4, 0.5) is 0 Å². The van der Waals surface area contributed by atoms with E-state index in [4.69, 9.17) is 9.47 Å². The Morgan fingerprint density at radius 3 is 2.36 bits per heavy atom. The predicted octanol–water partition coefficient (Wildman–Crippen LogP) is 1.98. The van der Waals surface area contributed by atoms with E-state index in [0.717, 1.165) is 0 Å². The average Bonchev–Trinajstić information content (AvgIpc) is 2.64. The molecule has 25 heavy (non-hydrogen) atoms. The molecule has 0 spiro atoms. The number of hydrogen-bond acceptors (Lipinski definition) is 7. The second kappa shape index (κ2) is 8.49. The minimum absolute atomic E-state index is 0.0532. The number of aromatic hydroxyl groups is 1. The number of rotatable bonds is 7. The van der Waals surface area contributed by atoms with Gasteiger partial charge in [0, 0.05) is 5.56 Å². The van der Waals surface area contributed by atoms with Gasteiger partial charge in [-0.05, 0) is 12.1 Å². The molecule has 2 rings (SSSR count). The van der Waals surface area contributed by atoms with Crippen molar-refractivity contribution in [2.45, 2.75) is 0 Å². The van der Waals surface area contributed by atoms with Crippen LogP contribution in [-0.4, -0.2) is 43.2 Å². The highest BCUT2D eigenvalue weighted by Gasteiger charge is 2.21. The van der Waals surface area contributed by atoms with E-state index in [-0.39, 0.29) is 22.8 Å². The van der Waals surface area contributed by atoms with Crippen molar-refractivity contribution in [2.24, 2.45) is 0 Å². The summed E-state index contributed by atoms with van der Waals surface area (Å²) >= 11 is 0. The number of hydrogen-bond donors (Lipinski definition) is 1. The van der Waals surface area contributed by atoms with Gasteiger partial charge in [-0.3, -0.25) is 4.79 Å². The lowest BCUT2D eigenvalue weighted by molar-refractivity contribution is -0.142. The fraction of sp³-hybridized carbons (Fsp3) is 0.167. The molecule has 0 aromatic heterocycles. The lowest BCUT2D eigenvalue weighted by atomic mass is 10.1. The Kier molecular flexibility index (Phi) is 6.11. The molecule has 7 nitrogen and oxygen atoms in total. The smallest absolute Gasteiger partial charge is 0.346 e. The fourth-order valence-electron chi connectivity index (χ4n) is 1.95. The van der Waals surface area contributed by atoms with Crippen molar-refractivity contribution in [3.8, 4) is 11.5 Å². The summed E-state index contributed by atoms with van der Waals surface area (Å²) in [7, 11) is 1.19. The van der Waals surface area contributed by atoms with Crippen LogP contribution in [0.15, 0.2) is 48.5 Å². The molecule has 0 saturated heterocycles. The molecule has 130 valence electrons. The van der Waals surface area contributed by atoms with E-state index in [9.17, 15) is 19.5 Å². The van der Waals surface area contributed by atoms with Crippen LogP contribution in [-0.2, 0) is 14.3 Å². The van der Waals surface area contributed by atoms with E-state index in [1.807, 2.05) is 0 Å². The number of carbonyl (C=O) groups is 3. The highest BCUT2D eigenvalue weighted by Crippen LogP contribution is 2.28. The first kappa shape index (κ1) is 18.0.